The van der Waals surface area contributed by atoms with Crippen molar-refractivity contribution < 1.29 is 14.6 Å². The lowest BCUT2D eigenvalue weighted by molar-refractivity contribution is -0.145. The van der Waals surface area contributed by atoms with Crippen molar-refractivity contribution in [2.24, 2.45) is 5.73 Å². The third-order valence-corrected chi connectivity index (χ3v) is 1.95. The number of benzene rings is 1. The van der Waals surface area contributed by atoms with Crippen LogP contribution in [0.25, 0.3) is 0 Å². The van der Waals surface area contributed by atoms with Crippen LogP contribution in [0.3, 0.4) is 0 Å². The normalized spacial score (nSPS) is 13.5. The van der Waals surface area contributed by atoms with Gasteiger partial charge in [-0.1, -0.05) is 30.3 Å². The molecule has 4 nitrogen and oxygen atoms in total. The average Bonchev–Trinajstić information content (AvgIpc) is 2.27. The summed E-state index contributed by atoms with van der Waals surface area (Å²) in [6.45, 7) is 0. The molecule has 1 rings (SSSR count). The number of carbonyl (C=O) groups is 1. The van der Waals surface area contributed by atoms with Gasteiger partial charge in [0.05, 0.1) is 7.11 Å². The number of rotatable bonds is 3. The predicted octanol–water partition coefficient (Wildman–Crippen LogP) is 0.642. The van der Waals surface area contributed by atoms with Crippen molar-refractivity contribution in [3.8, 4) is 0 Å². The quantitative estimate of drug-likeness (QED) is 0.749. The maximum Gasteiger partial charge on any atom is 0.325 e. The molecule has 2 atom stereocenters. The van der Waals surface area contributed by atoms with Gasteiger partial charge < -0.3 is 15.6 Å². The molecule has 0 aliphatic rings. The Balaban J connectivity index is 0.00000196. The molecule has 2 unspecified atom stereocenters. The maximum atomic E-state index is 11.0. The van der Waals surface area contributed by atoms with Gasteiger partial charge in [0.15, 0.2) is 0 Å². The second kappa shape index (κ2) is 6.40. The van der Waals surface area contributed by atoms with E-state index in [1.54, 1.807) is 24.3 Å². The number of hydrogen-bond acceptors (Lipinski definition) is 4. The summed E-state index contributed by atoms with van der Waals surface area (Å²) in [4.78, 5) is 11.0. The van der Waals surface area contributed by atoms with E-state index in [1.807, 2.05) is 6.07 Å². The van der Waals surface area contributed by atoms with Gasteiger partial charge in [-0.3, -0.25) is 4.79 Å². The van der Waals surface area contributed by atoms with E-state index in [0.717, 1.165) is 0 Å². The predicted molar refractivity (Wildman–Crippen MR) is 58.6 cm³/mol. The van der Waals surface area contributed by atoms with Gasteiger partial charge >= 0.3 is 5.97 Å². The van der Waals surface area contributed by atoms with Crippen molar-refractivity contribution in [2.75, 3.05) is 7.11 Å². The maximum absolute atomic E-state index is 11.0. The first kappa shape index (κ1) is 13.9. The molecule has 0 radical (unpaired) electrons. The Morgan fingerprint density at radius 2 is 1.93 bits per heavy atom. The van der Waals surface area contributed by atoms with E-state index < -0.39 is 18.1 Å². The minimum Gasteiger partial charge on any atom is -0.468 e. The van der Waals surface area contributed by atoms with Crippen molar-refractivity contribution in [1.29, 1.82) is 0 Å². The minimum atomic E-state index is -1.04. The molecule has 15 heavy (non-hydrogen) atoms. The summed E-state index contributed by atoms with van der Waals surface area (Å²) in [7, 11) is 1.24. The summed E-state index contributed by atoms with van der Waals surface area (Å²) in [5.74, 6) is -0.624. The van der Waals surface area contributed by atoms with Crippen molar-refractivity contribution in [3.05, 3.63) is 35.9 Å². The molecular formula is C10H14ClNO3. The highest BCUT2D eigenvalue weighted by atomic mass is 35.5. The molecule has 1 aromatic rings. The molecule has 0 aliphatic carbocycles. The van der Waals surface area contributed by atoms with Crippen LogP contribution in [0.5, 0.6) is 0 Å². The van der Waals surface area contributed by atoms with E-state index in [9.17, 15) is 9.90 Å². The molecule has 1 aromatic carbocycles. The van der Waals surface area contributed by atoms with Crippen LogP contribution in [-0.4, -0.2) is 24.2 Å². The lowest BCUT2D eigenvalue weighted by Gasteiger charge is -2.16. The molecule has 0 aliphatic heterocycles. The number of hydrogen-bond donors (Lipinski definition) is 2. The summed E-state index contributed by atoms with van der Waals surface area (Å²) in [6, 6.07) is 7.72. The fourth-order valence-corrected chi connectivity index (χ4v) is 1.12. The van der Waals surface area contributed by atoms with Crippen LogP contribution in [0.4, 0.5) is 0 Å². The fraction of sp³-hybridized carbons (Fsp3) is 0.300. The SMILES string of the molecule is COC(=O)C(N)C(O)c1ccccc1.Cl. The largest absolute Gasteiger partial charge is 0.468 e. The Bertz CT molecular complexity index is 305. The molecule has 0 fully saturated rings. The monoisotopic (exact) mass is 231 g/mol. The summed E-state index contributed by atoms with van der Waals surface area (Å²) in [6.07, 6.45) is -1.02. The van der Waals surface area contributed by atoms with E-state index in [1.165, 1.54) is 7.11 Å². The van der Waals surface area contributed by atoms with E-state index in [-0.39, 0.29) is 12.4 Å². The van der Waals surface area contributed by atoms with Crippen LogP contribution in [0.15, 0.2) is 30.3 Å². The van der Waals surface area contributed by atoms with E-state index in [4.69, 9.17) is 5.73 Å². The van der Waals surface area contributed by atoms with Crippen LogP contribution in [0, 0.1) is 0 Å². The number of aliphatic hydroxyl groups excluding tert-OH is 1. The Labute approximate surface area is 94.5 Å². The van der Waals surface area contributed by atoms with Gasteiger partial charge in [0.2, 0.25) is 0 Å². The lowest BCUT2D eigenvalue weighted by atomic mass is 10.0. The van der Waals surface area contributed by atoms with Gasteiger partial charge in [-0.15, -0.1) is 12.4 Å². The number of nitrogens with two attached hydrogens (primary N) is 1. The van der Waals surface area contributed by atoms with Crippen LogP contribution in [0.1, 0.15) is 11.7 Å². The zero-order valence-electron chi connectivity index (χ0n) is 8.29. The van der Waals surface area contributed by atoms with Gasteiger partial charge in [-0.25, -0.2) is 0 Å². The van der Waals surface area contributed by atoms with Gasteiger partial charge in [-0.2, -0.15) is 0 Å². The Hall–Kier alpha value is -1.10. The highest BCUT2D eigenvalue weighted by Crippen LogP contribution is 2.15. The Morgan fingerprint density at radius 3 is 2.40 bits per heavy atom. The average molecular weight is 232 g/mol. The van der Waals surface area contributed by atoms with Crippen LogP contribution >= 0.6 is 12.4 Å². The Kier molecular flexibility index (Phi) is 5.93. The fourth-order valence-electron chi connectivity index (χ4n) is 1.12. The van der Waals surface area contributed by atoms with Crippen molar-refractivity contribution >= 4 is 18.4 Å². The molecule has 3 N–H and O–H groups in total. The van der Waals surface area contributed by atoms with Crippen LogP contribution in [-0.2, 0) is 9.53 Å². The van der Waals surface area contributed by atoms with E-state index in [0.29, 0.717) is 5.56 Å². The molecule has 0 aromatic heterocycles. The highest BCUT2D eigenvalue weighted by Gasteiger charge is 2.24. The molecule has 84 valence electrons. The zero-order valence-corrected chi connectivity index (χ0v) is 9.11. The van der Waals surface area contributed by atoms with Gasteiger partial charge in [0, 0.05) is 0 Å². The van der Waals surface area contributed by atoms with Crippen LogP contribution in [0.2, 0.25) is 0 Å². The first-order valence-electron chi connectivity index (χ1n) is 4.23. The smallest absolute Gasteiger partial charge is 0.325 e. The zero-order chi connectivity index (χ0) is 10.6. The first-order chi connectivity index (χ1) is 6.66. The molecule has 0 spiro atoms. The third kappa shape index (κ3) is 3.51. The van der Waals surface area contributed by atoms with Gasteiger partial charge in [0.25, 0.3) is 0 Å². The van der Waals surface area contributed by atoms with Crippen molar-refractivity contribution in [2.45, 2.75) is 12.1 Å². The summed E-state index contributed by atoms with van der Waals surface area (Å²) in [5.41, 5.74) is 6.08. The summed E-state index contributed by atoms with van der Waals surface area (Å²) < 4.78 is 4.43. The molecule has 0 bridgehead atoms. The highest BCUT2D eigenvalue weighted by molar-refractivity contribution is 5.85. The second-order valence-corrected chi connectivity index (χ2v) is 2.90. The molecule has 5 heteroatoms. The van der Waals surface area contributed by atoms with Gasteiger partial charge in [0.1, 0.15) is 12.1 Å². The third-order valence-electron chi connectivity index (χ3n) is 1.95. The molecule has 0 saturated carbocycles. The molecule has 0 saturated heterocycles. The lowest BCUT2D eigenvalue weighted by Crippen LogP contribution is -2.37. The summed E-state index contributed by atoms with van der Waals surface area (Å²) >= 11 is 0. The van der Waals surface area contributed by atoms with Gasteiger partial charge in [-0.05, 0) is 5.56 Å². The summed E-state index contributed by atoms with van der Waals surface area (Å²) in [5, 5.41) is 9.66. The number of carbonyl (C=O) groups excluding carboxylic acids is 1. The van der Waals surface area contributed by atoms with E-state index in [2.05, 4.69) is 4.74 Å². The number of esters is 1. The first-order valence-corrected chi connectivity index (χ1v) is 4.23. The minimum absolute atomic E-state index is 0. The number of aliphatic hydroxyl groups is 1. The standard InChI is InChI=1S/C10H13NO3.ClH/c1-14-10(13)8(11)9(12)7-5-3-2-4-6-7;/h2-6,8-9,12H,11H2,1H3;1H. The van der Waals surface area contributed by atoms with Crippen LogP contribution < -0.4 is 5.73 Å². The number of methoxy groups -OCH3 is 1. The molecule has 0 heterocycles. The number of ether oxygens (including phenoxy) is 1. The number of halogens is 1. The Morgan fingerprint density at radius 1 is 1.40 bits per heavy atom. The molecule has 0 amide bonds. The van der Waals surface area contributed by atoms with E-state index >= 15 is 0 Å². The topological polar surface area (TPSA) is 72.5 Å². The molecular weight excluding hydrogens is 218 g/mol. The van der Waals surface area contributed by atoms with Crippen molar-refractivity contribution in [1.82, 2.24) is 0 Å². The second-order valence-electron chi connectivity index (χ2n) is 2.90. The van der Waals surface area contributed by atoms with Crippen molar-refractivity contribution in [3.63, 3.8) is 0 Å².